The standard InChI is InChI=1S/C51H33N5/c1-6-16-34(17-7-1)38-26-29-44-42(32-38)41-28-31-46-47(48(41)55(44)40-24-14-5-15-25-40)43-33-39(35-18-8-2-9-19-35)27-30-45(43)56(46)51-53-49(36-20-10-3-11-21-36)52-50(54-51)37-22-12-4-13-23-37/h1-33H. The Morgan fingerprint density at radius 1 is 0.304 bits per heavy atom. The summed E-state index contributed by atoms with van der Waals surface area (Å²) in [7, 11) is 0. The number of fused-ring (bicyclic) bond motifs is 7. The largest absolute Gasteiger partial charge is 0.309 e. The molecule has 0 aliphatic carbocycles. The number of para-hydroxylation sites is 1. The topological polar surface area (TPSA) is 48.5 Å². The smallest absolute Gasteiger partial charge is 0.238 e. The lowest BCUT2D eigenvalue weighted by Crippen LogP contribution is -2.06. The molecule has 8 aromatic carbocycles. The third kappa shape index (κ3) is 5.21. The predicted octanol–water partition coefficient (Wildman–Crippen LogP) is 12.7. The van der Waals surface area contributed by atoms with E-state index < -0.39 is 0 Å². The summed E-state index contributed by atoms with van der Waals surface area (Å²) in [5, 5.41) is 4.65. The van der Waals surface area contributed by atoms with Gasteiger partial charge in [0.2, 0.25) is 5.95 Å². The monoisotopic (exact) mass is 715 g/mol. The van der Waals surface area contributed by atoms with Gasteiger partial charge in [-0.2, -0.15) is 9.97 Å². The van der Waals surface area contributed by atoms with Crippen LogP contribution in [0.4, 0.5) is 0 Å². The van der Waals surface area contributed by atoms with Crippen LogP contribution in [0.1, 0.15) is 0 Å². The van der Waals surface area contributed by atoms with Crippen LogP contribution in [0.25, 0.3) is 100 Å². The Hall–Kier alpha value is -7.63. The van der Waals surface area contributed by atoms with Gasteiger partial charge in [0, 0.05) is 38.4 Å². The fourth-order valence-electron chi connectivity index (χ4n) is 8.19. The fraction of sp³-hybridized carbons (Fsp3) is 0. The Bertz CT molecular complexity index is 3150. The maximum Gasteiger partial charge on any atom is 0.238 e. The highest BCUT2D eigenvalue weighted by Gasteiger charge is 2.24. The van der Waals surface area contributed by atoms with E-state index in [9.17, 15) is 0 Å². The minimum Gasteiger partial charge on any atom is -0.309 e. The summed E-state index contributed by atoms with van der Waals surface area (Å²) in [6, 6.07) is 70.4. The van der Waals surface area contributed by atoms with Gasteiger partial charge in [-0.3, -0.25) is 4.57 Å². The van der Waals surface area contributed by atoms with Gasteiger partial charge in [0.15, 0.2) is 11.6 Å². The van der Waals surface area contributed by atoms with Crippen molar-refractivity contribution in [1.82, 2.24) is 24.1 Å². The van der Waals surface area contributed by atoms with Gasteiger partial charge in [0.25, 0.3) is 0 Å². The quantitative estimate of drug-likeness (QED) is 0.172. The Morgan fingerprint density at radius 3 is 1.29 bits per heavy atom. The third-order valence-corrected chi connectivity index (χ3v) is 10.8. The average molecular weight is 716 g/mol. The zero-order chi connectivity index (χ0) is 37.0. The summed E-state index contributed by atoms with van der Waals surface area (Å²) in [6.07, 6.45) is 0. The van der Waals surface area contributed by atoms with Crippen LogP contribution in [-0.2, 0) is 0 Å². The van der Waals surface area contributed by atoms with Gasteiger partial charge < -0.3 is 4.57 Å². The molecule has 5 nitrogen and oxygen atoms in total. The summed E-state index contributed by atoms with van der Waals surface area (Å²) in [5.74, 6) is 1.81. The minimum absolute atomic E-state index is 0.568. The van der Waals surface area contributed by atoms with Crippen LogP contribution in [-0.4, -0.2) is 24.1 Å². The molecule has 0 radical (unpaired) electrons. The first-order chi connectivity index (χ1) is 27.8. The molecule has 0 amide bonds. The van der Waals surface area contributed by atoms with E-state index in [0.717, 1.165) is 60.8 Å². The number of rotatable bonds is 6. The van der Waals surface area contributed by atoms with Crippen molar-refractivity contribution in [1.29, 1.82) is 0 Å². The van der Waals surface area contributed by atoms with Crippen molar-refractivity contribution in [2.45, 2.75) is 0 Å². The first-order valence-corrected chi connectivity index (χ1v) is 18.9. The zero-order valence-electron chi connectivity index (χ0n) is 30.3. The second kappa shape index (κ2) is 13.0. The molecule has 0 unspecified atom stereocenters. The van der Waals surface area contributed by atoms with E-state index in [0.29, 0.717) is 17.6 Å². The van der Waals surface area contributed by atoms with Gasteiger partial charge in [0.05, 0.1) is 22.1 Å². The molecule has 0 spiro atoms. The highest BCUT2D eigenvalue weighted by Crippen LogP contribution is 2.43. The van der Waals surface area contributed by atoms with Crippen molar-refractivity contribution < 1.29 is 0 Å². The first kappa shape index (κ1) is 31.9. The molecule has 3 aromatic heterocycles. The summed E-state index contributed by atoms with van der Waals surface area (Å²) in [6.45, 7) is 0. The van der Waals surface area contributed by atoms with E-state index in [2.05, 4.69) is 173 Å². The van der Waals surface area contributed by atoms with E-state index in [1.165, 1.54) is 21.9 Å². The second-order valence-corrected chi connectivity index (χ2v) is 14.1. The maximum absolute atomic E-state index is 5.24. The van der Waals surface area contributed by atoms with Gasteiger partial charge >= 0.3 is 0 Å². The second-order valence-electron chi connectivity index (χ2n) is 14.1. The molecule has 5 heteroatoms. The fourth-order valence-corrected chi connectivity index (χ4v) is 8.19. The number of hydrogen-bond acceptors (Lipinski definition) is 3. The van der Waals surface area contributed by atoms with Crippen LogP contribution in [0.2, 0.25) is 0 Å². The minimum atomic E-state index is 0.568. The van der Waals surface area contributed by atoms with Gasteiger partial charge in [-0.05, 0) is 64.7 Å². The molecule has 262 valence electrons. The van der Waals surface area contributed by atoms with E-state index in [4.69, 9.17) is 15.0 Å². The SMILES string of the molecule is c1ccc(-c2ccc3c(c2)c2c(ccc4c5cc(-c6ccccc6)ccc5n(-c5ccccc5)c42)n3-c2nc(-c3ccccc3)nc(-c3ccccc3)n2)cc1. The Balaban J connectivity index is 1.29. The van der Waals surface area contributed by atoms with Crippen LogP contribution >= 0.6 is 0 Å². The highest BCUT2D eigenvalue weighted by atomic mass is 15.2. The molecule has 0 fully saturated rings. The van der Waals surface area contributed by atoms with Crippen molar-refractivity contribution in [3.05, 3.63) is 200 Å². The predicted molar refractivity (Wildman–Crippen MR) is 230 cm³/mol. The average Bonchev–Trinajstić information content (AvgIpc) is 3.80. The van der Waals surface area contributed by atoms with Crippen molar-refractivity contribution in [3.8, 4) is 56.7 Å². The van der Waals surface area contributed by atoms with Gasteiger partial charge in [0.1, 0.15) is 0 Å². The summed E-state index contributed by atoms with van der Waals surface area (Å²) >= 11 is 0. The first-order valence-electron chi connectivity index (χ1n) is 18.9. The Labute approximate surface area is 323 Å². The maximum atomic E-state index is 5.24. The van der Waals surface area contributed by atoms with Crippen molar-refractivity contribution >= 4 is 43.6 Å². The van der Waals surface area contributed by atoms with Crippen LogP contribution in [0.15, 0.2) is 200 Å². The van der Waals surface area contributed by atoms with E-state index in [-0.39, 0.29) is 0 Å². The molecule has 0 saturated carbocycles. The lowest BCUT2D eigenvalue weighted by atomic mass is 10.0. The molecule has 0 atom stereocenters. The molecular weight excluding hydrogens is 683 g/mol. The molecule has 3 heterocycles. The molecule has 11 rings (SSSR count). The lowest BCUT2D eigenvalue weighted by molar-refractivity contribution is 0.953. The Morgan fingerprint density at radius 2 is 0.750 bits per heavy atom. The Kier molecular flexibility index (Phi) is 7.42. The normalized spacial score (nSPS) is 11.6. The van der Waals surface area contributed by atoms with E-state index in [1.54, 1.807) is 0 Å². The number of aromatic nitrogens is 5. The van der Waals surface area contributed by atoms with Crippen LogP contribution < -0.4 is 0 Å². The molecular formula is C51H33N5. The molecule has 0 aliphatic heterocycles. The summed E-state index contributed by atoms with van der Waals surface area (Å²) < 4.78 is 4.65. The van der Waals surface area contributed by atoms with Gasteiger partial charge in [-0.15, -0.1) is 0 Å². The van der Waals surface area contributed by atoms with Crippen LogP contribution in [0.5, 0.6) is 0 Å². The van der Waals surface area contributed by atoms with E-state index in [1.807, 2.05) is 36.4 Å². The summed E-state index contributed by atoms with van der Waals surface area (Å²) in [5.41, 5.74) is 12.0. The number of nitrogens with zero attached hydrogens (tertiary/aromatic N) is 5. The highest BCUT2D eigenvalue weighted by molar-refractivity contribution is 6.26. The lowest BCUT2D eigenvalue weighted by Gasteiger charge is -2.11. The molecule has 0 bridgehead atoms. The molecule has 11 aromatic rings. The van der Waals surface area contributed by atoms with Crippen molar-refractivity contribution in [2.24, 2.45) is 0 Å². The van der Waals surface area contributed by atoms with Crippen molar-refractivity contribution in [2.75, 3.05) is 0 Å². The molecule has 0 saturated heterocycles. The van der Waals surface area contributed by atoms with Crippen LogP contribution in [0, 0.1) is 0 Å². The molecule has 0 aliphatic rings. The number of hydrogen-bond donors (Lipinski definition) is 0. The van der Waals surface area contributed by atoms with Crippen molar-refractivity contribution in [3.63, 3.8) is 0 Å². The van der Waals surface area contributed by atoms with Gasteiger partial charge in [-0.25, -0.2) is 4.98 Å². The third-order valence-electron chi connectivity index (χ3n) is 10.8. The zero-order valence-corrected chi connectivity index (χ0v) is 30.3. The number of benzene rings is 8. The molecule has 56 heavy (non-hydrogen) atoms. The molecule has 0 N–H and O–H groups in total. The van der Waals surface area contributed by atoms with Crippen LogP contribution in [0.3, 0.4) is 0 Å². The van der Waals surface area contributed by atoms with Gasteiger partial charge in [-0.1, -0.05) is 158 Å². The summed E-state index contributed by atoms with van der Waals surface area (Å²) in [4.78, 5) is 15.5. The van der Waals surface area contributed by atoms with E-state index >= 15 is 0 Å².